The van der Waals surface area contributed by atoms with Crippen molar-refractivity contribution in [3.05, 3.63) is 0 Å². The molecule has 2 heterocycles. The summed E-state index contributed by atoms with van der Waals surface area (Å²) in [6.45, 7) is 3.92. The van der Waals surface area contributed by atoms with E-state index < -0.39 is 25.1 Å². The molecule has 0 amide bonds. The largest absolute Gasteiger partial charge is 0.329 e. The lowest BCUT2D eigenvalue weighted by atomic mass is 10.2. The van der Waals surface area contributed by atoms with E-state index in [9.17, 15) is 16.8 Å². The van der Waals surface area contributed by atoms with Gasteiger partial charge >= 0.3 is 0 Å². The molecule has 0 aromatic rings. The molecule has 0 saturated carbocycles. The quantitative estimate of drug-likeness (QED) is 0.695. The van der Waals surface area contributed by atoms with E-state index in [2.05, 4.69) is 4.90 Å². The summed E-state index contributed by atoms with van der Waals surface area (Å²) in [7, 11) is -6.42. The normalized spacial score (nSPS) is 26.5. The SMILES string of the molecule is NCCN1CCCN(S(=O)(=O)C2CCS(=O)(=O)CC2)CC1. The van der Waals surface area contributed by atoms with Gasteiger partial charge in [-0.15, -0.1) is 0 Å². The zero-order valence-corrected chi connectivity index (χ0v) is 13.9. The molecule has 2 saturated heterocycles. The minimum Gasteiger partial charge on any atom is -0.329 e. The van der Waals surface area contributed by atoms with Crippen molar-refractivity contribution in [2.75, 3.05) is 50.8 Å². The summed E-state index contributed by atoms with van der Waals surface area (Å²) >= 11 is 0. The molecule has 0 unspecified atom stereocenters. The summed E-state index contributed by atoms with van der Waals surface area (Å²) < 4.78 is 49.7. The molecular weight excluding hydrogens is 314 g/mol. The minimum atomic E-state index is -3.39. The third kappa shape index (κ3) is 4.38. The second-order valence-corrected chi connectivity index (χ2v) is 10.3. The lowest BCUT2D eigenvalue weighted by Crippen LogP contribution is -2.44. The van der Waals surface area contributed by atoms with Crippen molar-refractivity contribution in [3.8, 4) is 0 Å². The summed E-state index contributed by atoms with van der Waals surface area (Å²) in [6.07, 6.45) is 1.26. The first-order valence-corrected chi connectivity index (χ1v) is 10.8. The van der Waals surface area contributed by atoms with Crippen molar-refractivity contribution in [1.82, 2.24) is 9.21 Å². The van der Waals surface area contributed by atoms with Crippen molar-refractivity contribution >= 4 is 19.9 Å². The van der Waals surface area contributed by atoms with Gasteiger partial charge in [-0.3, -0.25) is 0 Å². The Labute approximate surface area is 127 Å². The maximum atomic E-state index is 12.7. The highest BCUT2D eigenvalue weighted by molar-refractivity contribution is 7.92. The summed E-state index contributed by atoms with van der Waals surface area (Å²) in [5.74, 6) is -0.0198. The Balaban J connectivity index is 1.99. The molecule has 2 rings (SSSR count). The number of hydrogen-bond acceptors (Lipinski definition) is 6. The highest BCUT2D eigenvalue weighted by atomic mass is 32.2. The van der Waals surface area contributed by atoms with Gasteiger partial charge in [0.2, 0.25) is 10.0 Å². The molecule has 0 atom stereocenters. The van der Waals surface area contributed by atoms with Gasteiger partial charge in [0, 0.05) is 32.7 Å². The van der Waals surface area contributed by atoms with Gasteiger partial charge in [-0.1, -0.05) is 0 Å². The molecule has 0 aromatic carbocycles. The number of nitrogens with two attached hydrogens (primary N) is 1. The van der Waals surface area contributed by atoms with Crippen LogP contribution in [0.4, 0.5) is 0 Å². The van der Waals surface area contributed by atoms with Crippen LogP contribution in [0.25, 0.3) is 0 Å². The third-order valence-electron chi connectivity index (χ3n) is 4.28. The van der Waals surface area contributed by atoms with Crippen LogP contribution in [0.1, 0.15) is 19.3 Å². The van der Waals surface area contributed by atoms with Gasteiger partial charge < -0.3 is 10.6 Å². The Bertz CT molecular complexity index is 533. The lowest BCUT2D eigenvalue weighted by molar-refractivity contribution is 0.294. The van der Waals surface area contributed by atoms with Crippen molar-refractivity contribution in [3.63, 3.8) is 0 Å². The highest BCUT2D eigenvalue weighted by Crippen LogP contribution is 2.23. The van der Waals surface area contributed by atoms with Crippen LogP contribution in [0.5, 0.6) is 0 Å². The topological polar surface area (TPSA) is 101 Å². The maximum Gasteiger partial charge on any atom is 0.217 e. The van der Waals surface area contributed by atoms with E-state index in [1.807, 2.05) is 0 Å². The van der Waals surface area contributed by atoms with E-state index >= 15 is 0 Å². The molecule has 0 spiro atoms. The van der Waals surface area contributed by atoms with Gasteiger partial charge in [-0.25, -0.2) is 21.1 Å². The molecule has 0 aliphatic carbocycles. The Kier molecular flexibility index (Phi) is 5.64. The fourth-order valence-electron chi connectivity index (χ4n) is 2.98. The number of sulfone groups is 1. The molecule has 0 bridgehead atoms. The van der Waals surface area contributed by atoms with Gasteiger partial charge in [-0.2, -0.15) is 0 Å². The molecule has 124 valence electrons. The van der Waals surface area contributed by atoms with Gasteiger partial charge in [0.1, 0.15) is 9.84 Å². The van der Waals surface area contributed by atoms with E-state index in [1.165, 1.54) is 0 Å². The second kappa shape index (κ2) is 6.91. The molecule has 21 heavy (non-hydrogen) atoms. The predicted molar refractivity (Wildman–Crippen MR) is 82.3 cm³/mol. The molecule has 0 aromatic heterocycles. The highest BCUT2D eigenvalue weighted by Gasteiger charge is 2.37. The first-order chi connectivity index (χ1) is 9.85. The first kappa shape index (κ1) is 17.1. The van der Waals surface area contributed by atoms with E-state index in [0.29, 0.717) is 26.2 Å². The Morgan fingerprint density at radius 1 is 1.05 bits per heavy atom. The Hall–Kier alpha value is -0.220. The molecule has 2 fully saturated rings. The smallest absolute Gasteiger partial charge is 0.217 e. The van der Waals surface area contributed by atoms with Crippen LogP contribution in [0, 0.1) is 0 Å². The number of nitrogens with zero attached hydrogens (tertiary/aromatic N) is 2. The molecule has 2 aliphatic heterocycles. The van der Waals surface area contributed by atoms with Crippen LogP contribution < -0.4 is 5.73 Å². The average molecular weight is 339 g/mol. The van der Waals surface area contributed by atoms with Gasteiger partial charge in [0.15, 0.2) is 0 Å². The van der Waals surface area contributed by atoms with E-state index in [-0.39, 0.29) is 24.3 Å². The van der Waals surface area contributed by atoms with Crippen molar-refractivity contribution in [2.45, 2.75) is 24.5 Å². The fourth-order valence-corrected chi connectivity index (χ4v) is 6.75. The van der Waals surface area contributed by atoms with Gasteiger partial charge in [-0.05, 0) is 25.8 Å². The van der Waals surface area contributed by atoms with Crippen LogP contribution in [0.2, 0.25) is 0 Å². The first-order valence-electron chi connectivity index (χ1n) is 7.47. The van der Waals surface area contributed by atoms with Crippen molar-refractivity contribution in [1.29, 1.82) is 0 Å². The van der Waals surface area contributed by atoms with E-state index in [0.717, 1.165) is 19.5 Å². The fraction of sp³-hybridized carbons (Fsp3) is 1.00. The van der Waals surface area contributed by atoms with E-state index in [4.69, 9.17) is 5.73 Å². The molecule has 0 radical (unpaired) electrons. The van der Waals surface area contributed by atoms with Crippen LogP contribution in [-0.4, -0.2) is 82.1 Å². The van der Waals surface area contributed by atoms with Crippen LogP contribution in [0.15, 0.2) is 0 Å². The summed E-state index contributed by atoms with van der Waals surface area (Å²) in [5, 5.41) is -0.540. The van der Waals surface area contributed by atoms with Crippen molar-refractivity contribution < 1.29 is 16.8 Å². The van der Waals surface area contributed by atoms with Gasteiger partial charge in [0.25, 0.3) is 0 Å². The van der Waals surface area contributed by atoms with Crippen LogP contribution in [0.3, 0.4) is 0 Å². The summed E-state index contributed by atoms with van der Waals surface area (Å²) in [6, 6.07) is 0. The minimum absolute atomic E-state index is 0.00989. The number of hydrogen-bond donors (Lipinski definition) is 1. The monoisotopic (exact) mass is 339 g/mol. The molecule has 7 nitrogen and oxygen atoms in total. The second-order valence-electron chi connectivity index (χ2n) is 5.78. The molecule has 9 heteroatoms. The van der Waals surface area contributed by atoms with Crippen molar-refractivity contribution in [2.24, 2.45) is 5.73 Å². The predicted octanol–water partition coefficient (Wildman–Crippen LogP) is -1.14. The number of sulfonamides is 1. The molecule has 2 aliphatic rings. The average Bonchev–Trinajstić information content (AvgIpc) is 2.65. The zero-order chi connectivity index (χ0) is 15.5. The summed E-state index contributed by atoms with van der Waals surface area (Å²) in [5.41, 5.74) is 5.54. The maximum absolute atomic E-state index is 12.7. The summed E-state index contributed by atoms with van der Waals surface area (Å²) in [4.78, 5) is 2.18. The Morgan fingerprint density at radius 2 is 1.71 bits per heavy atom. The van der Waals surface area contributed by atoms with Crippen LogP contribution in [-0.2, 0) is 19.9 Å². The molecular formula is C12H25N3O4S2. The third-order valence-corrected chi connectivity index (χ3v) is 8.39. The van der Waals surface area contributed by atoms with E-state index in [1.54, 1.807) is 4.31 Å². The Morgan fingerprint density at radius 3 is 2.33 bits per heavy atom. The van der Waals surface area contributed by atoms with Gasteiger partial charge in [0.05, 0.1) is 16.8 Å². The standard InChI is InChI=1S/C12H25N3O4S2/c13-4-7-14-5-1-6-15(9-8-14)21(18,19)12-2-10-20(16,17)11-3-12/h12H,1-11,13H2. The van der Waals surface area contributed by atoms with Crippen LogP contribution >= 0.6 is 0 Å². The molecule has 2 N–H and O–H groups in total. The lowest BCUT2D eigenvalue weighted by Gasteiger charge is -2.28. The zero-order valence-electron chi connectivity index (χ0n) is 12.3. The number of rotatable bonds is 4.